The van der Waals surface area contributed by atoms with E-state index in [-0.39, 0.29) is 18.0 Å². The molecule has 0 atom stereocenters. The van der Waals surface area contributed by atoms with Crippen LogP contribution in [-0.4, -0.2) is 32.2 Å². The molecule has 0 saturated heterocycles. The summed E-state index contributed by atoms with van der Waals surface area (Å²) in [7, 11) is 0. The summed E-state index contributed by atoms with van der Waals surface area (Å²) in [6.45, 7) is 3.56. The molecule has 10 heteroatoms. The van der Waals surface area contributed by atoms with E-state index in [0.29, 0.717) is 22.4 Å². The second-order valence-corrected chi connectivity index (χ2v) is 5.18. The maximum Gasteiger partial charge on any atom is 0.347 e. The van der Waals surface area contributed by atoms with Crippen LogP contribution in [-0.2, 0) is 13.1 Å². The molecule has 0 aliphatic heterocycles. The van der Waals surface area contributed by atoms with Crippen LogP contribution in [0.4, 0.5) is 4.79 Å². The van der Waals surface area contributed by atoms with E-state index in [2.05, 4.69) is 25.8 Å². The summed E-state index contributed by atoms with van der Waals surface area (Å²) in [6, 6.07) is -0.429. The normalized spacial score (nSPS) is 10.4. The van der Waals surface area contributed by atoms with E-state index in [1.165, 1.54) is 0 Å². The smallest absolute Gasteiger partial charge is 0.347 e. The number of carbonyl (C=O) groups excluding carboxylic acids is 1. The molecule has 2 heterocycles. The van der Waals surface area contributed by atoms with Crippen LogP contribution in [0.1, 0.15) is 32.1 Å². The number of urea groups is 1. The number of aromatic carboxylic acids is 1. The lowest BCUT2D eigenvalue weighted by Crippen LogP contribution is -2.34. The Kier molecular flexibility index (Phi) is 4.48. The Hall–Kier alpha value is -2.49. The average Bonchev–Trinajstić information content (AvgIpc) is 3.00. The number of hydrogen-bond donors (Lipinski definition) is 3. The van der Waals surface area contributed by atoms with Gasteiger partial charge in [0.1, 0.15) is 9.88 Å². The maximum absolute atomic E-state index is 11.6. The lowest BCUT2D eigenvalue weighted by atomic mass is 10.4. The highest BCUT2D eigenvalue weighted by Gasteiger charge is 2.14. The van der Waals surface area contributed by atoms with Crippen LogP contribution < -0.4 is 10.6 Å². The number of thiazole rings is 1. The van der Waals surface area contributed by atoms with Crippen molar-refractivity contribution in [1.82, 2.24) is 25.8 Å². The molecule has 0 bridgehead atoms. The Labute approximate surface area is 123 Å². The largest absolute Gasteiger partial charge is 0.477 e. The first-order valence-corrected chi connectivity index (χ1v) is 6.78. The number of aromatic nitrogens is 3. The Bertz CT molecular complexity index is 665. The molecule has 2 aromatic rings. The van der Waals surface area contributed by atoms with Crippen molar-refractivity contribution >= 4 is 23.3 Å². The molecule has 0 saturated carbocycles. The van der Waals surface area contributed by atoms with E-state index in [1.807, 2.05) is 0 Å². The fraction of sp³-hybridized carbons (Fsp3) is 0.364. The number of rotatable bonds is 5. The van der Waals surface area contributed by atoms with Crippen LogP contribution in [0.2, 0.25) is 0 Å². The quantitative estimate of drug-likeness (QED) is 0.745. The number of hydrogen-bond acceptors (Lipinski definition) is 7. The van der Waals surface area contributed by atoms with Crippen molar-refractivity contribution in [2.24, 2.45) is 0 Å². The van der Waals surface area contributed by atoms with Crippen LogP contribution in [0.25, 0.3) is 0 Å². The molecule has 112 valence electrons. The Morgan fingerprint density at radius 3 is 2.52 bits per heavy atom. The van der Waals surface area contributed by atoms with Crippen molar-refractivity contribution < 1.29 is 19.2 Å². The molecule has 3 N–H and O–H groups in total. The van der Waals surface area contributed by atoms with Crippen molar-refractivity contribution in [3.63, 3.8) is 0 Å². The highest BCUT2D eigenvalue weighted by Crippen LogP contribution is 2.17. The number of nitrogens with zero attached hydrogens (tertiary/aromatic N) is 3. The van der Waals surface area contributed by atoms with E-state index in [0.717, 1.165) is 11.3 Å². The lowest BCUT2D eigenvalue weighted by molar-refractivity contribution is 0.0701. The fourth-order valence-electron chi connectivity index (χ4n) is 1.52. The predicted octanol–water partition coefficient (Wildman–Crippen LogP) is 0.841. The van der Waals surface area contributed by atoms with Crippen LogP contribution in [0.5, 0.6) is 0 Å². The van der Waals surface area contributed by atoms with Crippen molar-refractivity contribution in [1.29, 1.82) is 0 Å². The average molecular weight is 311 g/mol. The molecule has 0 aliphatic rings. The zero-order valence-corrected chi connectivity index (χ0v) is 12.2. The second kappa shape index (κ2) is 6.31. The number of carboxylic acid groups (broad SMARTS) is 1. The Morgan fingerprint density at radius 1 is 1.24 bits per heavy atom. The third-order valence-electron chi connectivity index (χ3n) is 2.41. The zero-order chi connectivity index (χ0) is 15.4. The van der Waals surface area contributed by atoms with E-state index in [1.54, 1.807) is 13.8 Å². The molecule has 0 unspecified atom stereocenters. The van der Waals surface area contributed by atoms with E-state index < -0.39 is 12.0 Å². The van der Waals surface area contributed by atoms with E-state index in [4.69, 9.17) is 9.63 Å². The third kappa shape index (κ3) is 3.99. The monoisotopic (exact) mass is 311 g/mol. The highest BCUT2D eigenvalue weighted by atomic mass is 32.1. The van der Waals surface area contributed by atoms with Crippen molar-refractivity contribution in [2.45, 2.75) is 26.9 Å². The van der Waals surface area contributed by atoms with Crippen LogP contribution in [0.3, 0.4) is 0 Å². The molecule has 0 radical (unpaired) electrons. The molecule has 2 amide bonds. The molecule has 0 aromatic carbocycles. The van der Waals surface area contributed by atoms with Crippen molar-refractivity contribution in [3.05, 3.63) is 27.3 Å². The number of carbonyl (C=O) groups is 2. The summed E-state index contributed by atoms with van der Waals surface area (Å²) in [5.41, 5.74) is 0.437. The molecule has 21 heavy (non-hydrogen) atoms. The minimum atomic E-state index is -1.02. The van der Waals surface area contributed by atoms with Crippen molar-refractivity contribution in [3.8, 4) is 0 Å². The van der Waals surface area contributed by atoms with Gasteiger partial charge in [0.15, 0.2) is 5.82 Å². The second-order valence-electron chi connectivity index (χ2n) is 4.09. The summed E-state index contributed by atoms with van der Waals surface area (Å²) in [5, 5.41) is 18.2. The molecule has 0 aliphatic carbocycles. The van der Waals surface area contributed by atoms with Crippen LogP contribution in [0, 0.1) is 13.8 Å². The van der Waals surface area contributed by atoms with Gasteiger partial charge in [-0.25, -0.2) is 14.6 Å². The summed E-state index contributed by atoms with van der Waals surface area (Å²) >= 11 is 1.03. The molecule has 9 nitrogen and oxygen atoms in total. The molecule has 0 fully saturated rings. The van der Waals surface area contributed by atoms with Crippen LogP contribution in [0.15, 0.2) is 4.52 Å². The van der Waals surface area contributed by atoms with Gasteiger partial charge in [-0.3, -0.25) is 0 Å². The van der Waals surface area contributed by atoms with Gasteiger partial charge in [-0.1, -0.05) is 5.16 Å². The SMILES string of the molecule is Cc1nc(CNC(=O)NCc2nc(C)c(C(=O)O)s2)no1. The van der Waals surface area contributed by atoms with Gasteiger partial charge in [0, 0.05) is 6.92 Å². The summed E-state index contributed by atoms with van der Waals surface area (Å²) in [4.78, 5) is 30.7. The van der Waals surface area contributed by atoms with E-state index >= 15 is 0 Å². The fourth-order valence-corrected chi connectivity index (χ4v) is 2.36. The van der Waals surface area contributed by atoms with Gasteiger partial charge >= 0.3 is 12.0 Å². The topological polar surface area (TPSA) is 130 Å². The summed E-state index contributed by atoms with van der Waals surface area (Å²) < 4.78 is 4.77. The minimum Gasteiger partial charge on any atom is -0.477 e. The standard InChI is InChI=1S/C11H13N5O4S/c1-5-9(10(17)18)21-8(14-5)4-13-11(19)12-3-7-15-6(2)20-16-7/h3-4H2,1-2H3,(H,17,18)(H2,12,13,19). The molecular weight excluding hydrogens is 298 g/mol. The maximum atomic E-state index is 11.6. The van der Waals surface area contributed by atoms with Crippen molar-refractivity contribution in [2.75, 3.05) is 0 Å². The Morgan fingerprint density at radius 2 is 1.95 bits per heavy atom. The number of nitrogens with one attached hydrogen (secondary N) is 2. The van der Waals surface area contributed by atoms with Gasteiger partial charge in [0.25, 0.3) is 0 Å². The molecule has 2 aromatic heterocycles. The first kappa shape index (κ1) is 14.9. The minimum absolute atomic E-state index is 0.139. The lowest BCUT2D eigenvalue weighted by Gasteiger charge is -2.03. The third-order valence-corrected chi connectivity index (χ3v) is 3.56. The molecule has 2 rings (SSSR count). The van der Waals surface area contributed by atoms with Crippen LogP contribution >= 0.6 is 11.3 Å². The molecule has 0 spiro atoms. The first-order chi connectivity index (χ1) is 9.95. The predicted molar refractivity (Wildman–Crippen MR) is 71.9 cm³/mol. The van der Waals surface area contributed by atoms with Gasteiger partial charge in [0.2, 0.25) is 5.89 Å². The number of aryl methyl sites for hydroxylation is 2. The first-order valence-electron chi connectivity index (χ1n) is 5.96. The van der Waals surface area contributed by atoms with E-state index in [9.17, 15) is 9.59 Å². The van der Waals surface area contributed by atoms with Gasteiger partial charge < -0.3 is 20.3 Å². The summed E-state index contributed by atoms with van der Waals surface area (Å²) in [5.74, 6) is -0.222. The Balaban J connectivity index is 1.81. The molecular formula is C11H13N5O4S. The van der Waals surface area contributed by atoms with Gasteiger partial charge in [-0.15, -0.1) is 11.3 Å². The highest BCUT2D eigenvalue weighted by molar-refractivity contribution is 7.13. The van der Waals surface area contributed by atoms with Gasteiger partial charge in [-0.05, 0) is 6.92 Å². The summed E-state index contributed by atoms with van der Waals surface area (Å²) in [6.07, 6.45) is 0. The zero-order valence-electron chi connectivity index (χ0n) is 11.3. The number of amides is 2. The van der Waals surface area contributed by atoms with Gasteiger partial charge in [0.05, 0.1) is 18.8 Å². The van der Waals surface area contributed by atoms with Gasteiger partial charge in [-0.2, -0.15) is 4.98 Å². The number of carboxylic acids is 1.